The molecule has 0 spiro atoms. The zero-order valence-corrected chi connectivity index (χ0v) is 30.8. The molecule has 8 rings (SSSR count). The van der Waals surface area contributed by atoms with Crippen molar-refractivity contribution >= 4 is 52.4 Å². The summed E-state index contributed by atoms with van der Waals surface area (Å²) in [6, 6.07) is 12.9. The van der Waals surface area contributed by atoms with E-state index < -0.39 is 63.7 Å². The summed E-state index contributed by atoms with van der Waals surface area (Å²) in [5.41, 5.74) is 3.36. The predicted octanol–water partition coefficient (Wildman–Crippen LogP) is 3.04. The summed E-state index contributed by atoms with van der Waals surface area (Å²) in [6.45, 7) is 1.72. The number of carbonyl (C=O) groups is 4. The van der Waals surface area contributed by atoms with Gasteiger partial charge in [-0.3, -0.25) is 0 Å². The van der Waals surface area contributed by atoms with Crippen molar-refractivity contribution in [3.63, 3.8) is 0 Å². The highest BCUT2D eigenvalue weighted by molar-refractivity contribution is 6.45. The lowest BCUT2D eigenvalue weighted by atomic mass is 9.78. The summed E-state index contributed by atoms with van der Waals surface area (Å²) in [5.74, 6) is -4.67. The third-order valence-corrected chi connectivity index (χ3v) is 9.24. The van der Waals surface area contributed by atoms with Gasteiger partial charge in [-0.05, 0) is 104 Å². The second-order valence-corrected chi connectivity index (χ2v) is 13.3. The van der Waals surface area contributed by atoms with Crippen molar-refractivity contribution in [2.24, 2.45) is 0 Å². The lowest BCUT2D eigenvalue weighted by molar-refractivity contribution is 0.0676. The van der Waals surface area contributed by atoms with Gasteiger partial charge in [-0.2, -0.15) is 0 Å². The molecule has 22 heteroatoms. The van der Waals surface area contributed by atoms with Crippen LogP contribution in [0.3, 0.4) is 0 Å². The molecule has 0 radical (unpaired) electrons. The smallest absolute Gasteiger partial charge is 0.522 e. The van der Waals surface area contributed by atoms with Gasteiger partial charge in [-0.1, -0.05) is 30.3 Å². The van der Waals surface area contributed by atoms with Crippen LogP contribution in [0.2, 0.25) is 25.3 Å². The maximum absolute atomic E-state index is 13.2. The van der Waals surface area contributed by atoms with Crippen molar-refractivity contribution in [2.45, 2.75) is 57.9 Å². The van der Waals surface area contributed by atoms with Gasteiger partial charge in [-0.15, -0.1) is 0 Å². The van der Waals surface area contributed by atoms with Gasteiger partial charge in [0.15, 0.2) is 5.69 Å². The molecule has 0 bridgehead atoms. The molecule has 1 aromatic heterocycles. The van der Waals surface area contributed by atoms with E-state index in [0.717, 1.165) is 22.8 Å². The van der Waals surface area contributed by atoms with E-state index in [9.17, 15) is 43.7 Å². The zero-order chi connectivity index (χ0) is 42.3. The highest BCUT2D eigenvalue weighted by atomic mass is 19.1. The monoisotopic (exact) mass is 801 g/mol. The number of pyridine rings is 1. The molecule has 4 aliphatic heterocycles. The van der Waals surface area contributed by atoms with Crippen molar-refractivity contribution in [2.75, 3.05) is 0 Å². The predicted molar refractivity (Wildman–Crippen MR) is 205 cm³/mol. The highest BCUT2D eigenvalue weighted by Gasteiger charge is 2.31. The van der Waals surface area contributed by atoms with Gasteiger partial charge in [0.1, 0.15) is 39.9 Å². The number of carboxylic acids is 4. The first kappa shape index (κ1) is 43.1. The molecular formula is C36H36B4FNO16. The van der Waals surface area contributed by atoms with Crippen LogP contribution < -0.4 is 18.6 Å². The van der Waals surface area contributed by atoms with E-state index in [0.29, 0.717) is 73.6 Å². The summed E-state index contributed by atoms with van der Waals surface area (Å²) in [4.78, 5) is 47.1. The number of para-hydroxylation sites is 1. The fourth-order valence-electron chi connectivity index (χ4n) is 6.41. The first-order valence-corrected chi connectivity index (χ1v) is 17.9. The topological polar surface area (TPSA) is 280 Å². The van der Waals surface area contributed by atoms with Gasteiger partial charge >= 0.3 is 52.4 Å². The van der Waals surface area contributed by atoms with Crippen molar-refractivity contribution in [1.29, 1.82) is 0 Å². The quantitative estimate of drug-likeness (QED) is 0.138. The van der Waals surface area contributed by atoms with Crippen LogP contribution in [-0.4, -0.2) is 97.9 Å². The lowest BCUT2D eigenvalue weighted by Crippen LogP contribution is -2.28. The first-order valence-electron chi connectivity index (χ1n) is 17.9. The standard InChI is InChI=1S/C10H11BO4.C9H8BFO4.C9H9BO4.C8H8BNO4/c1-6-2-3-7-4-5-11(14)15-9(7)8(6)10(12)13;11-6-2-1-5-3-4-10(14)15-8(5)7(6)9(12)13;11-9(12)7-3-1-2-6-4-5-10(13)14-8(6)7;11-8(12)6-7-5(2-4-10-6)1-3-9(13)14-7/h2-3,14H,4-5H2,1H3,(H,12,13);1-2,14H,3-4H2,(H,12,13);1-3,13H,4-5H2,(H,11,12);2,4,13H,1,3H2,(H,11,12). The van der Waals surface area contributed by atoms with Crippen LogP contribution in [-0.2, 0) is 25.7 Å². The zero-order valence-electron chi connectivity index (χ0n) is 30.8. The molecule has 5 heterocycles. The van der Waals surface area contributed by atoms with E-state index in [1.807, 2.05) is 12.1 Å². The Hall–Kier alpha value is -6.08. The molecule has 3 aromatic carbocycles. The maximum Gasteiger partial charge on any atom is 0.522 e. The SMILES string of the molecule is Cc1ccc2c(c1C(=O)O)OB(O)CC2.O=C(O)c1c(F)ccc2c1OB(O)CC2.O=C(O)c1cccc2c1OB(O)CC2.O=C(O)c1nccc2c1OB(O)CC2. The van der Waals surface area contributed by atoms with Gasteiger partial charge in [0.05, 0.1) is 5.56 Å². The number of carboxylic acid groups (broad SMARTS) is 4. The molecule has 58 heavy (non-hydrogen) atoms. The number of aromatic carboxylic acids is 4. The summed E-state index contributed by atoms with van der Waals surface area (Å²) in [7, 11) is -3.76. The van der Waals surface area contributed by atoms with Crippen LogP contribution in [0.1, 0.15) is 69.4 Å². The van der Waals surface area contributed by atoms with Crippen molar-refractivity contribution in [3.8, 4) is 23.0 Å². The van der Waals surface area contributed by atoms with E-state index in [-0.39, 0.29) is 28.3 Å². The van der Waals surface area contributed by atoms with Crippen molar-refractivity contribution in [3.05, 3.63) is 111 Å². The van der Waals surface area contributed by atoms with Crippen LogP contribution in [0, 0.1) is 12.7 Å². The Morgan fingerprint density at radius 1 is 0.552 bits per heavy atom. The minimum Gasteiger partial charge on any atom is -0.535 e. The Morgan fingerprint density at radius 2 is 1.00 bits per heavy atom. The maximum atomic E-state index is 13.2. The van der Waals surface area contributed by atoms with E-state index in [1.54, 1.807) is 25.1 Å². The molecule has 0 unspecified atom stereocenters. The molecule has 0 saturated carbocycles. The Bertz CT molecular complexity index is 2060. The Morgan fingerprint density at radius 3 is 1.50 bits per heavy atom. The molecule has 0 aliphatic carbocycles. The van der Waals surface area contributed by atoms with Crippen molar-refractivity contribution in [1.82, 2.24) is 4.98 Å². The molecule has 300 valence electrons. The molecular weight excluding hydrogens is 765 g/mol. The Labute approximate surface area is 331 Å². The summed E-state index contributed by atoms with van der Waals surface area (Å²) in [5, 5.41) is 72.5. The number of nitrogens with zero attached hydrogens (tertiary/aromatic N) is 1. The molecule has 4 aromatic rings. The van der Waals surface area contributed by atoms with Crippen LogP contribution in [0.5, 0.6) is 23.0 Å². The van der Waals surface area contributed by atoms with E-state index >= 15 is 0 Å². The number of hydrogen-bond donors (Lipinski definition) is 8. The third kappa shape index (κ3) is 10.3. The van der Waals surface area contributed by atoms with Gasteiger partial charge in [0.25, 0.3) is 0 Å². The second-order valence-electron chi connectivity index (χ2n) is 13.3. The molecule has 0 amide bonds. The summed E-state index contributed by atoms with van der Waals surface area (Å²) < 4.78 is 33.5. The van der Waals surface area contributed by atoms with E-state index in [4.69, 9.17) is 39.0 Å². The summed E-state index contributed by atoms with van der Waals surface area (Å²) >= 11 is 0. The largest absolute Gasteiger partial charge is 0.535 e. The van der Waals surface area contributed by atoms with E-state index in [2.05, 4.69) is 4.98 Å². The number of rotatable bonds is 4. The average Bonchev–Trinajstić information content (AvgIpc) is 3.17. The normalized spacial score (nSPS) is 14.4. The van der Waals surface area contributed by atoms with Gasteiger partial charge < -0.3 is 59.1 Å². The minimum atomic E-state index is -1.39. The summed E-state index contributed by atoms with van der Waals surface area (Å²) in [6.07, 6.45) is 5.72. The number of hydrogen-bond acceptors (Lipinski definition) is 13. The lowest BCUT2D eigenvalue weighted by Gasteiger charge is -2.22. The molecule has 17 nitrogen and oxygen atoms in total. The third-order valence-electron chi connectivity index (χ3n) is 9.24. The van der Waals surface area contributed by atoms with E-state index in [1.165, 1.54) is 18.3 Å². The van der Waals surface area contributed by atoms with Crippen molar-refractivity contribution < 1.29 is 82.7 Å². The average molecular weight is 801 g/mol. The van der Waals surface area contributed by atoms with Crippen LogP contribution in [0.15, 0.2) is 54.7 Å². The number of aromatic nitrogens is 1. The first-order chi connectivity index (χ1) is 27.5. The molecule has 0 saturated heterocycles. The number of aryl methyl sites for hydroxylation is 5. The Balaban J connectivity index is 0.000000147. The van der Waals surface area contributed by atoms with Gasteiger partial charge in [0, 0.05) is 6.20 Å². The van der Waals surface area contributed by atoms with Gasteiger partial charge in [-0.25, -0.2) is 28.6 Å². The van der Waals surface area contributed by atoms with Crippen LogP contribution >= 0.6 is 0 Å². The van der Waals surface area contributed by atoms with Gasteiger partial charge in [0.2, 0.25) is 0 Å². The number of halogens is 1. The molecule has 0 atom stereocenters. The number of benzene rings is 3. The molecule has 0 fully saturated rings. The fourth-order valence-corrected chi connectivity index (χ4v) is 6.41. The van der Waals surface area contributed by atoms with Crippen LogP contribution in [0.25, 0.3) is 0 Å². The Kier molecular flexibility index (Phi) is 14.0. The number of fused-ring (bicyclic) bond motifs is 4. The minimum absolute atomic E-state index is 0.0544. The second kappa shape index (κ2) is 18.9. The van der Waals surface area contributed by atoms with Crippen LogP contribution in [0.4, 0.5) is 4.39 Å². The fraction of sp³-hybridized carbons (Fsp3) is 0.250. The highest BCUT2D eigenvalue weighted by Crippen LogP contribution is 2.34. The molecule has 8 N–H and O–H groups in total. The molecule has 4 aliphatic rings.